The van der Waals surface area contributed by atoms with E-state index in [1.54, 1.807) is 6.07 Å². The molecule has 1 aliphatic rings. The van der Waals surface area contributed by atoms with Gasteiger partial charge in [0.25, 0.3) is 0 Å². The van der Waals surface area contributed by atoms with E-state index < -0.39 is 0 Å². The Bertz CT molecular complexity index is 791. The first-order chi connectivity index (χ1) is 10.8. The van der Waals surface area contributed by atoms with Gasteiger partial charge in [-0.3, -0.25) is 0 Å². The van der Waals surface area contributed by atoms with E-state index >= 15 is 0 Å². The molecule has 1 fully saturated rings. The van der Waals surface area contributed by atoms with Gasteiger partial charge in [-0.05, 0) is 36.4 Å². The number of nitrogens with zero attached hydrogens (tertiary/aromatic N) is 2. The number of anilines is 1. The van der Waals surface area contributed by atoms with Crippen LogP contribution in [0.15, 0.2) is 42.6 Å². The van der Waals surface area contributed by atoms with Crippen molar-refractivity contribution in [2.75, 3.05) is 31.2 Å². The first-order valence-corrected chi connectivity index (χ1v) is 7.37. The molecule has 4 rings (SSSR count). The Morgan fingerprint density at radius 3 is 2.73 bits per heavy atom. The maximum absolute atomic E-state index is 13.3. The summed E-state index contributed by atoms with van der Waals surface area (Å²) in [5.41, 5.74) is 2.74. The smallest absolute Gasteiger partial charge is 0.128 e. The number of morpholine rings is 1. The van der Waals surface area contributed by atoms with Crippen LogP contribution in [0.4, 0.5) is 10.2 Å². The standard InChI is InChI=1S/C17H16FN3O/c18-14-3-1-12-9-15(20-16(12)10-14)13-2-4-17(19-11-13)21-5-7-22-8-6-21/h1-4,9-11,20H,5-8H2. The van der Waals surface area contributed by atoms with Crippen molar-refractivity contribution in [2.45, 2.75) is 0 Å². The number of rotatable bonds is 2. The van der Waals surface area contributed by atoms with Gasteiger partial charge in [0.2, 0.25) is 0 Å². The highest BCUT2D eigenvalue weighted by molar-refractivity contribution is 5.85. The molecule has 1 N–H and O–H groups in total. The van der Waals surface area contributed by atoms with E-state index in [-0.39, 0.29) is 5.82 Å². The van der Waals surface area contributed by atoms with Gasteiger partial charge in [-0.2, -0.15) is 0 Å². The Hall–Kier alpha value is -2.40. The minimum absolute atomic E-state index is 0.235. The van der Waals surface area contributed by atoms with E-state index in [1.807, 2.05) is 24.4 Å². The predicted octanol–water partition coefficient (Wildman–Crippen LogP) is 3.21. The van der Waals surface area contributed by atoms with Crippen LogP contribution in [0.5, 0.6) is 0 Å². The summed E-state index contributed by atoms with van der Waals surface area (Å²) in [7, 11) is 0. The van der Waals surface area contributed by atoms with Crippen molar-refractivity contribution in [2.24, 2.45) is 0 Å². The van der Waals surface area contributed by atoms with Gasteiger partial charge in [0.05, 0.1) is 13.2 Å². The van der Waals surface area contributed by atoms with Crippen LogP contribution in [0.3, 0.4) is 0 Å². The van der Waals surface area contributed by atoms with Crippen LogP contribution >= 0.6 is 0 Å². The number of nitrogens with one attached hydrogen (secondary N) is 1. The van der Waals surface area contributed by atoms with E-state index in [2.05, 4.69) is 14.9 Å². The van der Waals surface area contributed by atoms with Crippen molar-refractivity contribution >= 4 is 16.7 Å². The summed E-state index contributed by atoms with van der Waals surface area (Å²) in [6.45, 7) is 3.24. The third-order valence-electron chi connectivity index (χ3n) is 3.98. The van der Waals surface area contributed by atoms with Crippen LogP contribution in [0.2, 0.25) is 0 Å². The zero-order valence-corrected chi connectivity index (χ0v) is 12.1. The largest absolute Gasteiger partial charge is 0.378 e. The van der Waals surface area contributed by atoms with Crippen LogP contribution in [-0.2, 0) is 4.74 Å². The lowest BCUT2D eigenvalue weighted by molar-refractivity contribution is 0.122. The summed E-state index contributed by atoms with van der Waals surface area (Å²) < 4.78 is 18.6. The van der Waals surface area contributed by atoms with Gasteiger partial charge < -0.3 is 14.6 Å². The van der Waals surface area contributed by atoms with Crippen LogP contribution in [0, 0.1) is 5.82 Å². The second-order valence-corrected chi connectivity index (χ2v) is 5.42. The van der Waals surface area contributed by atoms with Crippen LogP contribution in [-0.4, -0.2) is 36.3 Å². The number of pyridine rings is 1. The maximum atomic E-state index is 13.3. The number of halogens is 1. The summed E-state index contributed by atoms with van der Waals surface area (Å²) in [6, 6.07) is 10.8. The molecule has 4 nitrogen and oxygen atoms in total. The summed E-state index contributed by atoms with van der Waals surface area (Å²) >= 11 is 0. The molecule has 3 aromatic rings. The molecule has 112 valence electrons. The average molecular weight is 297 g/mol. The Kier molecular flexibility index (Phi) is 3.27. The predicted molar refractivity (Wildman–Crippen MR) is 84.5 cm³/mol. The molecule has 1 aromatic carbocycles. The average Bonchev–Trinajstić information content (AvgIpc) is 2.99. The lowest BCUT2D eigenvalue weighted by Gasteiger charge is -2.27. The van der Waals surface area contributed by atoms with Crippen molar-refractivity contribution in [3.63, 3.8) is 0 Å². The van der Waals surface area contributed by atoms with E-state index in [0.29, 0.717) is 0 Å². The Morgan fingerprint density at radius 2 is 1.95 bits per heavy atom. The van der Waals surface area contributed by atoms with Crippen LogP contribution in [0.25, 0.3) is 22.2 Å². The highest BCUT2D eigenvalue weighted by Gasteiger charge is 2.12. The quantitative estimate of drug-likeness (QED) is 0.789. The molecule has 0 atom stereocenters. The van der Waals surface area contributed by atoms with E-state index in [1.165, 1.54) is 12.1 Å². The molecule has 0 radical (unpaired) electrons. The maximum Gasteiger partial charge on any atom is 0.128 e. The van der Waals surface area contributed by atoms with Crippen molar-refractivity contribution in [1.29, 1.82) is 0 Å². The fraction of sp³-hybridized carbons (Fsp3) is 0.235. The Balaban J connectivity index is 1.63. The monoisotopic (exact) mass is 297 g/mol. The van der Waals surface area contributed by atoms with Gasteiger partial charge in [-0.15, -0.1) is 0 Å². The fourth-order valence-electron chi connectivity index (χ4n) is 2.78. The number of H-pyrrole nitrogens is 1. The van der Waals surface area contributed by atoms with Crippen LogP contribution < -0.4 is 4.90 Å². The molecule has 0 unspecified atom stereocenters. The molecule has 5 heteroatoms. The van der Waals surface area contributed by atoms with E-state index in [9.17, 15) is 4.39 Å². The number of aromatic nitrogens is 2. The summed E-state index contributed by atoms with van der Waals surface area (Å²) in [4.78, 5) is 10.00. The SMILES string of the molecule is Fc1ccc2cc(-c3ccc(N4CCOCC4)nc3)[nH]c2c1. The molecule has 22 heavy (non-hydrogen) atoms. The molecule has 0 spiro atoms. The van der Waals surface area contributed by atoms with Gasteiger partial charge in [-0.25, -0.2) is 9.37 Å². The van der Waals surface area contributed by atoms with E-state index in [4.69, 9.17) is 4.74 Å². The number of aromatic amines is 1. The van der Waals surface area contributed by atoms with Gasteiger partial charge >= 0.3 is 0 Å². The molecular weight excluding hydrogens is 281 g/mol. The fourth-order valence-corrected chi connectivity index (χ4v) is 2.78. The summed E-state index contributed by atoms with van der Waals surface area (Å²) in [6.07, 6.45) is 1.85. The highest BCUT2D eigenvalue weighted by Crippen LogP contribution is 2.25. The Morgan fingerprint density at radius 1 is 1.09 bits per heavy atom. The normalized spacial score (nSPS) is 15.4. The molecule has 0 aliphatic carbocycles. The summed E-state index contributed by atoms with van der Waals surface area (Å²) in [5.74, 6) is 0.732. The molecule has 1 aliphatic heterocycles. The van der Waals surface area contributed by atoms with Gasteiger partial charge in [-0.1, -0.05) is 0 Å². The van der Waals surface area contributed by atoms with Crippen molar-refractivity contribution in [3.8, 4) is 11.3 Å². The first-order valence-electron chi connectivity index (χ1n) is 7.37. The second kappa shape index (κ2) is 5.42. The molecule has 0 amide bonds. The number of fused-ring (bicyclic) bond motifs is 1. The summed E-state index contributed by atoms with van der Waals surface area (Å²) in [5, 5.41) is 0.994. The zero-order chi connectivity index (χ0) is 14.9. The minimum Gasteiger partial charge on any atom is -0.378 e. The van der Waals surface area contributed by atoms with Crippen molar-refractivity contribution < 1.29 is 9.13 Å². The van der Waals surface area contributed by atoms with Crippen molar-refractivity contribution in [1.82, 2.24) is 9.97 Å². The molecule has 3 heterocycles. The first kappa shape index (κ1) is 13.3. The van der Waals surface area contributed by atoms with Gasteiger partial charge in [0.1, 0.15) is 11.6 Å². The lowest BCUT2D eigenvalue weighted by atomic mass is 10.2. The third-order valence-corrected chi connectivity index (χ3v) is 3.98. The minimum atomic E-state index is -0.235. The third kappa shape index (κ3) is 2.44. The van der Waals surface area contributed by atoms with Crippen LogP contribution in [0.1, 0.15) is 0 Å². The molecule has 0 bridgehead atoms. The van der Waals surface area contributed by atoms with Gasteiger partial charge in [0.15, 0.2) is 0 Å². The second-order valence-electron chi connectivity index (χ2n) is 5.42. The highest BCUT2D eigenvalue weighted by atomic mass is 19.1. The van der Waals surface area contributed by atoms with Crippen molar-refractivity contribution in [3.05, 3.63) is 48.4 Å². The molecule has 0 saturated carbocycles. The topological polar surface area (TPSA) is 41.1 Å². The molecule has 1 saturated heterocycles. The van der Waals surface area contributed by atoms with Gasteiger partial charge in [0, 0.05) is 41.4 Å². The number of hydrogen-bond acceptors (Lipinski definition) is 3. The zero-order valence-electron chi connectivity index (χ0n) is 12.1. The number of ether oxygens (including phenoxy) is 1. The molecule has 2 aromatic heterocycles. The Labute approximate surface area is 127 Å². The number of benzene rings is 1. The lowest BCUT2D eigenvalue weighted by Crippen LogP contribution is -2.36. The molecular formula is C17H16FN3O. The number of hydrogen-bond donors (Lipinski definition) is 1. The van der Waals surface area contributed by atoms with E-state index in [0.717, 1.165) is 54.3 Å².